The molecule has 3 heterocycles. The Morgan fingerprint density at radius 1 is 0.903 bits per heavy atom. The molecule has 7 heteroatoms. The molecule has 0 unspecified atom stereocenters. The van der Waals surface area contributed by atoms with Crippen LogP contribution in [0.4, 0.5) is 17.1 Å². The van der Waals surface area contributed by atoms with Crippen LogP contribution in [0.25, 0.3) is 21.7 Å². The summed E-state index contributed by atoms with van der Waals surface area (Å²) in [7, 11) is 0. The number of piperazine rings is 1. The second kappa shape index (κ2) is 8.43. The van der Waals surface area contributed by atoms with Gasteiger partial charge in [0.25, 0.3) is 0 Å². The topological polar surface area (TPSA) is 61.4 Å². The first-order valence-electron chi connectivity index (χ1n) is 10.3. The zero-order valence-corrected chi connectivity index (χ0v) is 18.1. The monoisotopic (exact) mass is 429 g/mol. The number of aromatic nitrogens is 2. The van der Waals surface area contributed by atoms with Crippen LogP contribution in [-0.2, 0) is 0 Å². The molecule has 1 aliphatic heterocycles. The van der Waals surface area contributed by atoms with E-state index in [2.05, 4.69) is 30.6 Å². The van der Waals surface area contributed by atoms with Crippen molar-refractivity contribution in [3.63, 3.8) is 0 Å². The van der Waals surface area contributed by atoms with Gasteiger partial charge >= 0.3 is 0 Å². The zero-order valence-electron chi connectivity index (χ0n) is 17.3. The van der Waals surface area contributed by atoms with E-state index in [1.807, 2.05) is 61.1 Å². The second-order valence-electron chi connectivity index (χ2n) is 7.58. The third-order valence-corrected chi connectivity index (χ3v) is 6.18. The van der Waals surface area contributed by atoms with E-state index in [9.17, 15) is 4.79 Å². The zero-order chi connectivity index (χ0) is 21.2. The minimum Gasteiger partial charge on any atom is -0.367 e. The van der Waals surface area contributed by atoms with Crippen LogP contribution in [0, 0.1) is 0 Å². The van der Waals surface area contributed by atoms with Gasteiger partial charge in [0, 0.05) is 49.7 Å². The van der Waals surface area contributed by atoms with Crippen molar-refractivity contribution in [3.8, 4) is 0 Å². The SMILES string of the molecule is CSNc1ccc2ccc3ncc(N4CCN(c5cccnc5)CC4)cc3c(=O)c2c1. The molecule has 0 bridgehead atoms. The summed E-state index contributed by atoms with van der Waals surface area (Å²) in [4.78, 5) is 26.9. The van der Waals surface area contributed by atoms with Gasteiger partial charge < -0.3 is 14.5 Å². The number of fused-ring (bicyclic) bond motifs is 2. The van der Waals surface area contributed by atoms with Crippen molar-refractivity contribution in [1.29, 1.82) is 0 Å². The predicted octanol–water partition coefficient (Wildman–Crippen LogP) is 4.16. The van der Waals surface area contributed by atoms with E-state index >= 15 is 0 Å². The normalized spacial score (nSPS) is 14.2. The van der Waals surface area contributed by atoms with E-state index in [-0.39, 0.29) is 5.43 Å². The van der Waals surface area contributed by atoms with Gasteiger partial charge in [0.1, 0.15) is 0 Å². The number of anilines is 3. The maximum Gasteiger partial charge on any atom is 0.195 e. The highest BCUT2D eigenvalue weighted by Crippen LogP contribution is 2.24. The van der Waals surface area contributed by atoms with E-state index in [0.29, 0.717) is 10.8 Å². The highest BCUT2D eigenvalue weighted by Gasteiger charge is 2.18. The Labute approximate surface area is 185 Å². The van der Waals surface area contributed by atoms with E-state index in [1.165, 1.54) is 11.9 Å². The van der Waals surface area contributed by atoms with Crippen LogP contribution in [0.3, 0.4) is 0 Å². The average molecular weight is 430 g/mol. The Balaban J connectivity index is 1.49. The van der Waals surface area contributed by atoms with Gasteiger partial charge in [-0.3, -0.25) is 14.8 Å². The number of nitrogens with one attached hydrogen (secondary N) is 1. The molecule has 31 heavy (non-hydrogen) atoms. The Morgan fingerprint density at radius 2 is 1.68 bits per heavy atom. The first-order chi connectivity index (χ1) is 15.2. The fourth-order valence-electron chi connectivity index (χ4n) is 4.11. The van der Waals surface area contributed by atoms with Gasteiger partial charge in [-0.15, -0.1) is 0 Å². The molecule has 5 rings (SSSR count). The molecular weight excluding hydrogens is 406 g/mol. The molecule has 0 saturated carbocycles. The largest absolute Gasteiger partial charge is 0.367 e. The lowest BCUT2D eigenvalue weighted by Crippen LogP contribution is -2.46. The highest BCUT2D eigenvalue weighted by atomic mass is 32.2. The van der Waals surface area contributed by atoms with Crippen molar-refractivity contribution >= 4 is 50.7 Å². The molecule has 6 nitrogen and oxygen atoms in total. The number of hydrogen-bond donors (Lipinski definition) is 1. The number of pyridine rings is 2. The summed E-state index contributed by atoms with van der Waals surface area (Å²) < 4.78 is 3.21. The van der Waals surface area contributed by atoms with Crippen LogP contribution in [0.2, 0.25) is 0 Å². The molecule has 0 radical (unpaired) electrons. The number of benzene rings is 1. The summed E-state index contributed by atoms with van der Waals surface area (Å²) in [6.45, 7) is 3.56. The molecule has 0 atom stereocenters. The molecule has 2 aromatic heterocycles. The molecule has 0 amide bonds. The molecular formula is C24H23N5OS. The van der Waals surface area contributed by atoms with E-state index in [1.54, 1.807) is 6.20 Å². The molecule has 1 aliphatic rings. The lowest BCUT2D eigenvalue weighted by molar-refractivity contribution is 0.652. The lowest BCUT2D eigenvalue weighted by Gasteiger charge is -2.37. The van der Waals surface area contributed by atoms with E-state index in [0.717, 1.165) is 54.1 Å². The van der Waals surface area contributed by atoms with Crippen molar-refractivity contribution in [2.24, 2.45) is 0 Å². The fraction of sp³-hybridized carbons (Fsp3) is 0.208. The summed E-state index contributed by atoms with van der Waals surface area (Å²) in [5.41, 5.74) is 3.80. The van der Waals surface area contributed by atoms with Crippen LogP contribution in [0.1, 0.15) is 0 Å². The highest BCUT2D eigenvalue weighted by molar-refractivity contribution is 7.99. The molecule has 1 fully saturated rings. The summed E-state index contributed by atoms with van der Waals surface area (Å²) >= 11 is 1.51. The Kier molecular flexibility index (Phi) is 5.34. The number of nitrogens with zero attached hydrogens (tertiary/aromatic N) is 4. The maximum absolute atomic E-state index is 13.4. The predicted molar refractivity (Wildman–Crippen MR) is 131 cm³/mol. The first kappa shape index (κ1) is 19.6. The van der Waals surface area contributed by atoms with Crippen LogP contribution in [0.5, 0.6) is 0 Å². The van der Waals surface area contributed by atoms with Crippen molar-refractivity contribution in [2.75, 3.05) is 47.0 Å². The molecule has 2 aromatic carbocycles. The molecule has 156 valence electrons. The van der Waals surface area contributed by atoms with Gasteiger partial charge in [0.15, 0.2) is 5.43 Å². The summed E-state index contributed by atoms with van der Waals surface area (Å²) in [6.07, 6.45) is 7.55. The van der Waals surface area contributed by atoms with Crippen LogP contribution < -0.4 is 20.0 Å². The summed E-state index contributed by atoms with van der Waals surface area (Å²) in [5.74, 6) is 0. The minimum atomic E-state index is 0.0168. The van der Waals surface area contributed by atoms with Gasteiger partial charge in [-0.2, -0.15) is 0 Å². The van der Waals surface area contributed by atoms with Crippen molar-refractivity contribution < 1.29 is 0 Å². The second-order valence-corrected chi connectivity index (χ2v) is 8.19. The Morgan fingerprint density at radius 3 is 2.42 bits per heavy atom. The molecule has 4 aromatic rings. The van der Waals surface area contributed by atoms with Crippen molar-refractivity contribution in [3.05, 3.63) is 77.3 Å². The number of rotatable bonds is 4. The molecule has 0 spiro atoms. The molecule has 1 saturated heterocycles. The van der Waals surface area contributed by atoms with Crippen molar-refractivity contribution in [1.82, 2.24) is 9.97 Å². The maximum atomic E-state index is 13.4. The Bertz CT molecular complexity index is 1290. The third kappa shape index (κ3) is 3.88. The molecule has 1 N–H and O–H groups in total. The quantitative estimate of drug-likeness (QED) is 0.489. The van der Waals surface area contributed by atoms with Gasteiger partial charge in [-0.05, 0) is 41.8 Å². The standard InChI is InChI=1S/C24H23N5OS/c1-31-27-18-6-4-17-5-7-23-22(24(30)21(17)13-18)14-20(16-26-23)29-11-9-28(10-12-29)19-3-2-8-25-15-19/h2-8,13-16,27H,9-12H2,1H3. The van der Waals surface area contributed by atoms with Crippen LogP contribution in [0.15, 0.2) is 71.9 Å². The lowest BCUT2D eigenvalue weighted by atomic mass is 10.1. The van der Waals surface area contributed by atoms with Gasteiger partial charge in [-0.1, -0.05) is 24.1 Å². The van der Waals surface area contributed by atoms with Crippen LogP contribution >= 0.6 is 11.9 Å². The third-order valence-electron chi connectivity index (χ3n) is 5.74. The van der Waals surface area contributed by atoms with E-state index < -0.39 is 0 Å². The number of hydrogen-bond acceptors (Lipinski definition) is 7. The fourth-order valence-corrected chi connectivity index (χ4v) is 4.47. The Hall–Kier alpha value is -3.32. The van der Waals surface area contributed by atoms with E-state index in [4.69, 9.17) is 0 Å². The van der Waals surface area contributed by atoms with Gasteiger partial charge in [-0.25, -0.2) is 0 Å². The summed E-state index contributed by atoms with van der Waals surface area (Å²) in [5, 5.41) is 2.28. The smallest absolute Gasteiger partial charge is 0.195 e. The van der Waals surface area contributed by atoms with Crippen LogP contribution in [-0.4, -0.2) is 42.4 Å². The van der Waals surface area contributed by atoms with Gasteiger partial charge in [0.2, 0.25) is 0 Å². The van der Waals surface area contributed by atoms with Crippen molar-refractivity contribution in [2.45, 2.75) is 0 Å². The van der Waals surface area contributed by atoms with Gasteiger partial charge in [0.05, 0.1) is 34.7 Å². The first-order valence-corrected chi connectivity index (χ1v) is 11.5. The minimum absolute atomic E-state index is 0.0168. The molecule has 0 aliphatic carbocycles. The average Bonchev–Trinajstić information content (AvgIpc) is 2.96. The summed E-state index contributed by atoms with van der Waals surface area (Å²) in [6, 6.07) is 15.9.